The normalized spacial score (nSPS) is 16.3. The highest BCUT2D eigenvalue weighted by Crippen LogP contribution is 2.43. The van der Waals surface area contributed by atoms with E-state index in [1.807, 2.05) is 39.0 Å². The van der Waals surface area contributed by atoms with Gasteiger partial charge in [-0.1, -0.05) is 30.3 Å². The molecule has 3 aromatic rings. The average Bonchev–Trinajstić information content (AvgIpc) is 3.12. The number of carbonyl (C=O) groups excluding carboxylic acids is 1. The molecule has 0 radical (unpaired) electrons. The molecule has 0 aliphatic carbocycles. The number of nitrogens with zero attached hydrogens (tertiary/aromatic N) is 3. The monoisotopic (exact) mass is 505 g/mol. The van der Waals surface area contributed by atoms with Crippen LogP contribution in [0.2, 0.25) is 5.28 Å². The highest BCUT2D eigenvalue weighted by atomic mass is 79.9. The van der Waals surface area contributed by atoms with E-state index in [4.69, 9.17) is 16.3 Å². The molecule has 1 aliphatic heterocycles. The van der Waals surface area contributed by atoms with Gasteiger partial charge in [0.15, 0.2) is 0 Å². The first kappa shape index (κ1) is 21.3. The molecule has 1 amide bonds. The lowest BCUT2D eigenvalue weighted by molar-refractivity contribution is 0.0215. The zero-order valence-corrected chi connectivity index (χ0v) is 20.0. The number of hydrogen-bond donors (Lipinski definition) is 0. The zero-order valence-electron chi connectivity index (χ0n) is 16.9. The molecule has 0 N–H and O–H groups in total. The fourth-order valence-electron chi connectivity index (χ4n) is 3.48. The van der Waals surface area contributed by atoms with E-state index in [0.717, 1.165) is 20.6 Å². The molecule has 1 aromatic carbocycles. The van der Waals surface area contributed by atoms with Gasteiger partial charge < -0.3 is 9.64 Å². The molecular formula is C22H21BrClN3O2S. The lowest BCUT2D eigenvalue weighted by atomic mass is 9.91. The number of rotatable bonds is 2. The number of ether oxygens (including phenoxy) is 1. The molecule has 5 nitrogen and oxygen atoms in total. The van der Waals surface area contributed by atoms with Gasteiger partial charge in [-0.25, -0.2) is 14.8 Å². The van der Waals surface area contributed by atoms with Gasteiger partial charge in [0.05, 0.1) is 21.6 Å². The smallest absolute Gasteiger partial charge is 0.410 e. The molecule has 1 atom stereocenters. The molecular weight excluding hydrogens is 486 g/mol. The van der Waals surface area contributed by atoms with E-state index < -0.39 is 5.60 Å². The summed E-state index contributed by atoms with van der Waals surface area (Å²) < 4.78 is 6.43. The van der Waals surface area contributed by atoms with Gasteiger partial charge in [-0.3, -0.25) is 0 Å². The Morgan fingerprint density at radius 1 is 1.30 bits per heavy atom. The highest BCUT2D eigenvalue weighted by Gasteiger charge is 2.34. The molecule has 156 valence electrons. The maximum Gasteiger partial charge on any atom is 0.410 e. The van der Waals surface area contributed by atoms with Crippen molar-refractivity contribution in [2.75, 3.05) is 6.54 Å². The largest absolute Gasteiger partial charge is 0.444 e. The van der Waals surface area contributed by atoms with E-state index >= 15 is 0 Å². The van der Waals surface area contributed by atoms with Crippen molar-refractivity contribution in [3.05, 3.63) is 68.4 Å². The van der Waals surface area contributed by atoms with Crippen molar-refractivity contribution in [3.63, 3.8) is 0 Å². The predicted molar refractivity (Wildman–Crippen MR) is 123 cm³/mol. The number of hydrogen-bond acceptors (Lipinski definition) is 5. The molecule has 8 heteroatoms. The molecule has 0 spiro atoms. The van der Waals surface area contributed by atoms with Gasteiger partial charge in [-0.05, 0) is 65.5 Å². The topological polar surface area (TPSA) is 55.3 Å². The number of aromatic nitrogens is 2. The summed E-state index contributed by atoms with van der Waals surface area (Å²) in [5, 5.41) is 0.203. The van der Waals surface area contributed by atoms with E-state index in [0.29, 0.717) is 13.1 Å². The number of amides is 1. The maximum atomic E-state index is 12.8. The van der Waals surface area contributed by atoms with Crippen LogP contribution >= 0.6 is 38.9 Å². The first-order valence-corrected chi connectivity index (χ1v) is 11.5. The van der Waals surface area contributed by atoms with Gasteiger partial charge in [-0.15, -0.1) is 11.3 Å². The van der Waals surface area contributed by atoms with Crippen LogP contribution in [0.25, 0.3) is 10.6 Å². The third-order valence-corrected chi connectivity index (χ3v) is 6.78. The molecule has 0 saturated carbocycles. The summed E-state index contributed by atoms with van der Waals surface area (Å²) in [5.41, 5.74) is 2.48. The minimum Gasteiger partial charge on any atom is -0.444 e. The van der Waals surface area contributed by atoms with Crippen molar-refractivity contribution in [3.8, 4) is 10.6 Å². The van der Waals surface area contributed by atoms with Crippen molar-refractivity contribution >= 4 is 45.0 Å². The molecule has 4 rings (SSSR count). The van der Waals surface area contributed by atoms with Crippen LogP contribution in [0.1, 0.15) is 42.7 Å². The van der Waals surface area contributed by atoms with Gasteiger partial charge >= 0.3 is 6.09 Å². The van der Waals surface area contributed by atoms with Gasteiger partial charge in [0.25, 0.3) is 0 Å². The van der Waals surface area contributed by atoms with Crippen molar-refractivity contribution in [1.82, 2.24) is 14.9 Å². The van der Waals surface area contributed by atoms with Crippen LogP contribution < -0.4 is 0 Å². The summed E-state index contributed by atoms with van der Waals surface area (Å²) in [4.78, 5) is 25.3. The van der Waals surface area contributed by atoms with Crippen LogP contribution in [0.15, 0.2) is 47.1 Å². The summed E-state index contributed by atoms with van der Waals surface area (Å²) >= 11 is 11.2. The number of thiophene rings is 1. The highest BCUT2D eigenvalue weighted by molar-refractivity contribution is 9.10. The van der Waals surface area contributed by atoms with Crippen molar-refractivity contribution in [1.29, 1.82) is 0 Å². The summed E-state index contributed by atoms with van der Waals surface area (Å²) in [6, 6.07) is 12.3. The van der Waals surface area contributed by atoms with Crippen LogP contribution in [0.3, 0.4) is 0 Å². The van der Waals surface area contributed by atoms with Gasteiger partial charge in [0.2, 0.25) is 5.28 Å². The fourth-order valence-corrected chi connectivity index (χ4v) is 5.44. The summed E-state index contributed by atoms with van der Waals surface area (Å²) in [5.74, 6) is 0.0669. The predicted octanol–water partition coefficient (Wildman–Crippen LogP) is 6.50. The lowest BCUT2D eigenvalue weighted by Crippen LogP contribution is -2.41. The Labute approximate surface area is 193 Å². The van der Waals surface area contributed by atoms with E-state index in [1.165, 1.54) is 10.4 Å². The van der Waals surface area contributed by atoms with Gasteiger partial charge in [0, 0.05) is 23.5 Å². The molecule has 1 aliphatic rings. The number of carbonyl (C=O) groups is 1. The van der Waals surface area contributed by atoms with E-state index in [2.05, 4.69) is 44.1 Å². The SMILES string of the molecule is CC(C)(C)OC(=O)N1Cc2cc(-c3nc(Cl)ncc3Br)sc2C(c2ccccc2)C1. The van der Waals surface area contributed by atoms with E-state index in [1.54, 1.807) is 22.4 Å². The minimum absolute atomic E-state index is 0.0669. The molecule has 0 bridgehead atoms. The summed E-state index contributed by atoms with van der Waals surface area (Å²) in [6.45, 7) is 6.72. The molecule has 3 heterocycles. The standard InChI is InChI=1S/C22H21BrClN3O2S/c1-22(2,3)29-21(28)27-11-14-9-17(18-16(23)10-25-20(24)26-18)30-19(14)15(12-27)13-7-5-4-6-8-13/h4-10,15H,11-12H2,1-3H3. The Bertz CT molecular complexity index is 1080. The van der Waals surface area contributed by atoms with Crippen molar-refractivity contribution < 1.29 is 9.53 Å². The fraction of sp³-hybridized carbons (Fsp3) is 0.318. The zero-order chi connectivity index (χ0) is 21.5. The third-order valence-electron chi connectivity index (χ3n) is 4.72. The van der Waals surface area contributed by atoms with Crippen molar-refractivity contribution in [2.45, 2.75) is 38.8 Å². The molecule has 30 heavy (non-hydrogen) atoms. The Morgan fingerprint density at radius 2 is 2.03 bits per heavy atom. The maximum absolute atomic E-state index is 12.8. The first-order chi connectivity index (χ1) is 14.2. The van der Waals surface area contributed by atoms with E-state index in [9.17, 15) is 4.79 Å². The van der Waals surface area contributed by atoms with E-state index in [-0.39, 0.29) is 17.3 Å². The molecule has 0 saturated heterocycles. The Balaban J connectivity index is 1.76. The summed E-state index contributed by atoms with van der Waals surface area (Å²) in [6.07, 6.45) is 1.36. The van der Waals surface area contributed by atoms with Crippen LogP contribution in [-0.2, 0) is 11.3 Å². The Kier molecular flexibility index (Phi) is 5.88. The molecule has 0 fully saturated rings. The lowest BCUT2D eigenvalue weighted by Gasteiger charge is -2.34. The second-order valence-corrected chi connectivity index (χ2v) is 10.4. The van der Waals surface area contributed by atoms with Crippen LogP contribution in [0, 0.1) is 0 Å². The van der Waals surface area contributed by atoms with Crippen LogP contribution in [0.5, 0.6) is 0 Å². The number of fused-ring (bicyclic) bond motifs is 1. The second kappa shape index (κ2) is 8.29. The Hall–Kier alpha value is -1.96. The second-order valence-electron chi connectivity index (χ2n) is 8.16. The number of benzene rings is 1. The minimum atomic E-state index is -0.540. The van der Waals surface area contributed by atoms with Gasteiger partial charge in [-0.2, -0.15) is 0 Å². The first-order valence-electron chi connectivity index (χ1n) is 9.55. The summed E-state index contributed by atoms with van der Waals surface area (Å²) in [7, 11) is 0. The third kappa shape index (κ3) is 4.53. The molecule has 1 unspecified atom stereocenters. The van der Waals surface area contributed by atoms with Crippen LogP contribution in [0.4, 0.5) is 4.79 Å². The average molecular weight is 507 g/mol. The number of halogens is 2. The Morgan fingerprint density at radius 3 is 2.73 bits per heavy atom. The van der Waals surface area contributed by atoms with Gasteiger partial charge in [0.1, 0.15) is 5.60 Å². The molecule has 2 aromatic heterocycles. The quantitative estimate of drug-likeness (QED) is 0.372. The van der Waals surface area contributed by atoms with Crippen LogP contribution in [-0.4, -0.2) is 33.1 Å². The van der Waals surface area contributed by atoms with Crippen molar-refractivity contribution in [2.24, 2.45) is 0 Å².